The maximum Gasteiger partial charge on any atom is 0.416 e. The lowest BCUT2D eigenvalue weighted by molar-refractivity contribution is -0.138. The minimum Gasteiger partial charge on any atom is -0.379 e. The summed E-state index contributed by atoms with van der Waals surface area (Å²) in [6, 6.07) is 4.78. The zero-order valence-electron chi connectivity index (χ0n) is 11.2. The van der Waals surface area contributed by atoms with E-state index in [1.165, 1.54) is 19.2 Å². The summed E-state index contributed by atoms with van der Waals surface area (Å²) in [4.78, 5) is 0. The number of hydrazine groups is 1. The van der Waals surface area contributed by atoms with Crippen LogP contribution in [0.25, 0.3) is 0 Å². The van der Waals surface area contributed by atoms with Crippen molar-refractivity contribution in [2.75, 3.05) is 7.11 Å². The number of hydrogen-bond donors (Lipinski definition) is 2. The summed E-state index contributed by atoms with van der Waals surface area (Å²) in [6.07, 6.45) is -4.07. The highest BCUT2D eigenvalue weighted by Gasteiger charge is 2.36. The van der Waals surface area contributed by atoms with Gasteiger partial charge in [-0.05, 0) is 31.9 Å². The van der Waals surface area contributed by atoms with Gasteiger partial charge in [-0.15, -0.1) is 0 Å². The highest BCUT2D eigenvalue weighted by Crippen LogP contribution is 2.36. The van der Waals surface area contributed by atoms with E-state index in [0.29, 0.717) is 6.42 Å². The highest BCUT2D eigenvalue weighted by atomic mass is 19.4. The molecular formula is C13H19F3N2O. The standard InChI is InChI=1S/C13H19F3N2O/c1-12(2,19-3)8-11(18-17)9-6-4-5-7-10(9)13(14,15)16/h4-7,11,18H,8,17H2,1-3H3. The van der Waals surface area contributed by atoms with E-state index in [2.05, 4.69) is 5.43 Å². The van der Waals surface area contributed by atoms with Gasteiger partial charge in [-0.2, -0.15) is 13.2 Å². The Kier molecular flexibility index (Phi) is 4.95. The molecule has 1 atom stereocenters. The van der Waals surface area contributed by atoms with Crippen LogP contribution < -0.4 is 11.3 Å². The molecule has 0 amide bonds. The Bertz CT molecular complexity index is 419. The quantitative estimate of drug-likeness (QED) is 0.642. The molecule has 0 spiro atoms. The van der Waals surface area contributed by atoms with Gasteiger partial charge in [0.15, 0.2) is 0 Å². The van der Waals surface area contributed by atoms with Crippen molar-refractivity contribution in [2.45, 2.75) is 38.1 Å². The Morgan fingerprint density at radius 1 is 1.26 bits per heavy atom. The van der Waals surface area contributed by atoms with E-state index in [1.807, 2.05) is 0 Å². The fourth-order valence-corrected chi connectivity index (χ4v) is 1.89. The zero-order valence-corrected chi connectivity index (χ0v) is 11.2. The fourth-order valence-electron chi connectivity index (χ4n) is 1.89. The molecule has 1 rings (SSSR count). The molecule has 0 aliphatic heterocycles. The topological polar surface area (TPSA) is 47.3 Å². The molecule has 6 heteroatoms. The second kappa shape index (κ2) is 5.90. The van der Waals surface area contributed by atoms with Crippen molar-refractivity contribution in [1.82, 2.24) is 5.43 Å². The number of benzene rings is 1. The van der Waals surface area contributed by atoms with Crippen molar-refractivity contribution >= 4 is 0 Å². The molecule has 0 aromatic heterocycles. The number of hydrogen-bond acceptors (Lipinski definition) is 3. The summed E-state index contributed by atoms with van der Waals surface area (Å²) in [5, 5.41) is 0. The first-order chi connectivity index (χ1) is 8.71. The number of ether oxygens (including phenoxy) is 1. The van der Waals surface area contributed by atoms with Crippen LogP contribution >= 0.6 is 0 Å². The summed E-state index contributed by atoms with van der Waals surface area (Å²) in [7, 11) is 1.52. The van der Waals surface area contributed by atoms with Crippen molar-refractivity contribution in [3.05, 3.63) is 35.4 Å². The maximum atomic E-state index is 13.0. The number of alkyl halides is 3. The Morgan fingerprint density at radius 3 is 2.32 bits per heavy atom. The summed E-state index contributed by atoms with van der Waals surface area (Å²) >= 11 is 0. The predicted octanol–water partition coefficient (Wildman–Crippen LogP) is 3.02. The van der Waals surface area contributed by atoms with Crippen LogP contribution in [0.4, 0.5) is 13.2 Å². The van der Waals surface area contributed by atoms with Crippen LogP contribution in [-0.2, 0) is 10.9 Å². The van der Waals surface area contributed by atoms with Crippen LogP contribution in [0.15, 0.2) is 24.3 Å². The SMILES string of the molecule is COC(C)(C)CC(NN)c1ccccc1C(F)(F)F. The summed E-state index contributed by atoms with van der Waals surface area (Å²) in [5.41, 5.74) is 1.32. The molecule has 108 valence electrons. The van der Waals surface area contributed by atoms with Gasteiger partial charge in [0, 0.05) is 13.2 Å². The number of halogens is 3. The average molecular weight is 276 g/mol. The molecule has 0 aliphatic carbocycles. The van der Waals surface area contributed by atoms with E-state index in [9.17, 15) is 13.2 Å². The average Bonchev–Trinajstić information content (AvgIpc) is 2.35. The third-order valence-corrected chi connectivity index (χ3v) is 3.09. The molecule has 19 heavy (non-hydrogen) atoms. The first-order valence-corrected chi connectivity index (χ1v) is 5.88. The molecule has 0 saturated carbocycles. The molecule has 0 bridgehead atoms. The van der Waals surface area contributed by atoms with Crippen LogP contribution in [0, 0.1) is 0 Å². The van der Waals surface area contributed by atoms with Gasteiger partial charge in [0.25, 0.3) is 0 Å². The largest absolute Gasteiger partial charge is 0.416 e. The van der Waals surface area contributed by atoms with Crippen LogP contribution in [0.5, 0.6) is 0 Å². The lowest BCUT2D eigenvalue weighted by atomic mass is 9.91. The second-order valence-electron chi connectivity index (χ2n) is 4.97. The minimum atomic E-state index is -4.40. The molecular weight excluding hydrogens is 257 g/mol. The van der Waals surface area contributed by atoms with E-state index < -0.39 is 23.4 Å². The molecule has 0 saturated heterocycles. The van der Waals surface area contributed by atoms with E-state index in [4.69, 9.17) is 10.6 Å². The van der Waals surface area contributed by atoms with E-state index in [1.54, 1.807) is 19.9 Å². The van der Waals surface area contributed by atoms with Gasteiger partial charge in [0.1, 0.15) is 0 Å². The van der Waals surface area contributed by atoms with Crippen molar-refractivity contribution in [2.24, 2.45) is 5.84 Å². The van der Waals surface area contributed by atoms with Gasteiger partial charge in [-0.3, -0.25) is 11.3 Å². The first kappa shape index (κ1) is 15.9. The third kappa shape index (κ3) is 4.19. The Hall–Kier alpha value is -1.11. The third-order valence-electron chi connectivity index (χ3n) is 3.09. The molecule has 0 fully saturated rings. The van der Waals surface area contributed by atoms with Gasteiger partial charge in [0.2, 0.25) is 0 Å². The van der Waals surface area contributed by atoms with E-state index in [-0.39, 0.29) is 5.56 Å². The second-order valence-corrected chi connectivity index (χ2v) is 4.97. The van der Waals surface area contributed by atoms with Crippen molar-refractivity contribution < 1.29 is 17.9 Å². The molecule has 1 unspecified atom stereocenters. The molecule has 0 aliphatic rings. The molecule has 1 aromatic rings. The van der Waals surface area contributed by atoms with E-state index >= 15 is 0 Å². The monoisotopic (exact) mass is 276 g/mol. The van der Waals surface area contributed by atoms with Crippen molar-refractivity contribution in [1.29, 1.82) is 0 Å². The van der Waals surface area contributed by atoms with Crippen molar-refractivity contribution in [3.8, 4) is 0 Å². The maximum absolute atomic E-state index is 13.0. The summed E-state index contributed by atoms with van der Waals surface area (Å²) in [5.74, 6) is 5.41. The Labute approximate surface area is 110 Å². The highest BCUT2D eigenvalue weighted by molar-refractivity contribution is 5.32. The van der Waals surface area contributed by atoms with Crippen molar-refractivity contribution in [3.63, 3.8) is 0 Å². The first-order valence-electron chi connectivity index (χ1n) is 5.88. The molecule has 1 aromatic carbocycles. The van der Waals surface area contributed by atoms with Crippen LogP contribution in [0.1, 0.15) is 37.4 Å². The lowest BCUT2D eigenvalue weighted by Gasteiger charge is -2.29. The number of methoxy groups -OCH3 is 1. The van der Waals surface area contributed by atoms with Gasteiger partial charge in [-0.1, -0.05) is 18.2 Å². The molecule has 0 heterocycles. The summed E-state index contributed by atoms with van der Waals surface area (Å²) < 4.78 is 44.1. The normalized spacial score (nSPS) is 14.5. The van der Waals surface area contributed by atoms with Crippen LogP contribution in [-0.4, -0.2) is 12.7 Å². The Balaban J connectivity index is 3.12. The van der Waals surface area contributed by atoms with Crippen LogP contribution in [0.3, 0.4) is 0 Å². The lowest BCUT2D eigenvalue weighted by Crippen LogP contribution is -2.36. The molecule has 0 radical (unpaired) electrons. The minimum absolute atomic E-state index is 0.127. The van der Waals surface area contributed by atoms with Gasteiger partial charge < -0.3 is 4.74 Å². The van der Waals surface area contributed by atoms with Gasteiger partial charge in [-0.25, -0.2) is 0 Å². The van der Waals surface area contributed by atoms with Gasteiger partial charge >= 0.3 is 6.18 Å². The van der Waals surface area contributed by atoms with Gasteiger partial charge in [0.05, 0.1) is 11.2 Å². The number of rotatable bonds is 5. The zero-order chi connectivity index (χ0) is 14.7. The molecule has 3 nitrogen and oxygen atoms in total. The Morgan fingerprint density at radius 2 is 1.84 bits per heavy atom. The number of nitrogens with one attached hydrogen (secondary N) is 1. The number of nitrogens with two attached hydrogens (primary N) is 1. The van der Waals surface area contributed by atoms with Crippen LogP contribution in [0.2, 0.25) is 0 Å². The molecule has 3 N–H and O–H groups in total. The predicted molar refractivity (Wildman–Crippen MR) is 67.2 cm³/mol. The smallest absolute Gasteiger partial charge is 0.379 e. The fraction of sp³-hybridized carbons (Fsp3) is 0.538. The summed E-state index contributed by atoms with van der Waals surface area (Å²) in [6.45, 7) is 3.60. The van der Waals surface area contributed by atoms with E-state index in [0.717, 1.165) is 6.07 Å².